The van der Waals surface area contributed by atoms with Crippen molar-refractivity contribution in [3.63, 3.8) is 0 Å². The lowest BCUT2D eigenvalue weighted by molar-refractivity contribution is 0.0947. The zero-order valence-electron chi connectivity index (χ0n) is 9.38. The highest BCUT2D eigenvalue weighted by atomic mass is 16.5. The van der Waals surface area contributed by atoms with E-state index in [4.69, 9.17) is 9.47 Å². The summed E-state index contributed by atoms with van der Waals surface area (Å²) in [4.78, 5) is 0. The van der Waals surface area contributed by atoms with E-state index in [-0.39, 0.29) is 6.10 Å². The molecule has 0 aromatic carbocycles. The zero-order valence-corrected chi connectivity index (χ0v) is 9.38. The van der Waals surface area contributed by atoms with Crippen LogP contribution in [0.4, 0.5) is 0 Å². The van der Waals surface area contributed by atoms with Crippen LogP contribution in [0, 0.1) is 0 Å². The number of methoxy groups -OCH3 is 1. The van der Waals surface area contributed by atoms with Crippen LogP contribution in [-0.4, -0.2) is 19.8 Å². The molecule has 0 aromatic heterocycles. The van der Waals surface area contributed by atoms with Crippen molar-refractivity contribution in [1.82, 2.24) is 0 Å². The fraction of sp³-hybridized carbons (Fsp3) is 0.500. The van der Waals surface area contributed by atoms with Crippen LogP contribution in [0.5, 0.6) is 0 Å². The molecule has 0 saturated heterocycles. The van der Waals surface area contributed by atoms with Crippen molar-refractivity contribution in [2.24, 2.45) is 0 Å². The van der Waals surface area contributed by atoms with Gasteiger partial charge in [0.05, 0.1) is 6.10 Å². The van der Waals surface area contributed by atoms with E-state index in [1.807, 2.05) is 26.0 Å². The minimum atomic E-state index is 0.136. The molecule has 2 nitrogen and oxygen atoms in total. The first kappa shape index (κ1) is 13.0. The molecule has 0 bridgehead atoms. The van der Waals surface area contributed by atoms with Crippen molar-refractivity contribution in [2.75, 3.05) is 13.7 Å². The van der Waals surface area contributed by atoms with Crippen LogP contribution < -0.4 is 0 Å². The first-order chi connectivity index (χ1) is 6.56. The lowest BCUT2D eigenvalue weighted by atomic mass is 10.3. The molecule has 0 aromatic rings. The third-order valence-electron chi connectivity index (χ3n) is 1.63. The normalized spacial score (nSPS) is 12.8. The molecule has 0 N–H and O–H groups in total. The van der Waals surface area contributed by atoms with Gasteiger partial charge in [0.2, 0.25) is 0 Å². The van der Waals surface area contributed by atoms with Gasteiger partial charge in [0.15, 0.2) is 0 Å². The Bertz CT molecular complexity index is 216. The SMILES string of the molecule is C=C(C)/C=C\C(=C)OC(C)CCOC. The first-order valence-corrected chi connectivity index (χ1v) is 4.74. The largest absolute Gasteiger partial charge is 0.491 e. The standard InChI is InChI=1S/C12H20O2/c1-10(2)6-7-11(3)14-12(4)8-9-13-5/h6-7,12H,1,3,8-9H2,2,4-5H3/b7-6-. The van der Waals surface area contributed by atoms with E-state index >= 15 is 0 Å². The van der Waals surface area contributed by atoms with Crippen molar-refractivity contribution < 1.29 is 9.47 Å². The average Bonchev–Trinajstić information content (AvgIpc) is 2.11. The maximum atomic E-state index is 5.50. The Kier molecular flexibility index (Phi) is 6.85. The number of hydrogen-bond acceptors (Lipinski definition) is 2. The van der Waals surface area contributed by atoms with Gasteiger partial charge in [-0.15, -0.1) is 0 Å². The molecule has 0 aliphatic heterocycles. The Balaban J connectivity index is 3.76. The van der Waals surface area contributed by atoms with Gasteiger partial charge in [0.25, 0.3) is 0 Å². The Hall–Kier alpha value is -1.02. The van der Waals surface area contributed by atoms with E-state index < -0.39 is 0 Å². The fourth-order valence-corrected chi connectivity index (χ4v) is 0.876. The molecule has 0 fully saturated rings. The topological polar surface area (TPSA) is 18.5 Å². The third-order valence-corrected chi connectivity index (χ3v) is 1.63. The van der Waals surface area contributed by atoms with Crippen molar-refractivity contribution in [3.05, 3.63) is 36.6 Å². The van der Waals surface area contributed by atoms with Crippen molar-refractivity contribution in [1.29, 1.82) is 0 Å². The van der Waals surface area contributed by atoms with Crippen LogP contribution in [0.25, 0.3) is 0 Å². The van der Waals surface area contributed by atoms with Gasteiger partial charge in [-0.3, -0.25) is 0 Å². The molecular formula is C12H20O2. The van der Waals surface area contributed by atoms with Gasteiger partial charge >= 0.3 is 0 Å². The molecule has 1 unspecified atom stereocenters. The minimum absolute atomic E-state index is 0.136. The van der Waals surface area contributed by atoms with Crippen LogP contribution in [0.2, 0.25) is 0 Å². The van der Waals surface area contributed by atoms with Crippen LogP contribution >= 0.6 is 0 Å². The Labute approximate surface area is 86.9 Å². The monoisotopic (exact) mass is 196 g/mol. The summed E-state index contributed by atoms with van der Waals surface area (Å²) in [5.74, 6) is 0.664. The summed E-state index contributed by atoms with van der Waals surface area (Å²) in [7, 11) is 1.68. The predicted octanol–water partition coefficient (Wildman–Crippen LogP) is 3.07. The summed E-state index contributed by atoms with van der Waals surface area (Å²) in [6.45, 7) is 12.2. The highest BCUT2D eigenvalue weighted by Gasteiger charge is 2.01. The third kappa shape index (κ3) is 7.62. The van der Waals surface area contributed by atoms with Gasteiger partial charge in [0, 0.05) is 20.1 Å². The van der Waals surface area contributed by atoms with Crippen LogP contribution in [0.15, 0.2) is 36.6 Å². The van der Waals surface area contributed by atoms with Crippen LogP contribution in [-0.2, 0) is 9.47 Å². The lowest BCUT2D eigenvalue weighted by Crippen LogP contribution is -2.09. The smallest absolute Gasteiger partial charge is 0.112 e. The van der Waals surface area contributed by atoms with Gasteiger partial charge in [-0.2, -0.15) is 0 Å². The Morgan fingerprint density at radius 2 is 2.00 bits per heavy atom. The van der Waals surface area contributed by atoms with Crippen molar-refractivity contribution >= 4 is 0 Å². The fourth-order valence-electron chi connectivity index (χ4n) is 0.876. The number of ether oxygens (including phenoxy) is 2. The number of allylic oxidation sites excluding steroid dienone is 3. The van der Waals surface area contributed by atoms with Crippen molar-refractivity contribution in [2.45, 2.75) is 26.4 Å². The maximum Gasteiger partial charge on any atom is 0.112 e. The summed E-state index contributed by atoms with van der Waals surface area (Å²) in [6.07, 6.45) is 4.71. The maximum absolute atomic E-state index is 5.50. The lowest BCUT2D eigenvalue weighted by Gasteiger charge is -2.13. The number of rotatable bonds is 7. The van der Waals surface area contributed by atoms with E-state index in [1.54, 1.807) is 7.11 Å². The van der Waals surface area contributed by atoms with E-state index in [0.29, 0.717) is 12.4 Å². The second-order valence-corrected chi connectivity index (χ2v) is 3.36. The Morgan fingerprint density at radius 1 is 1.36 bits per heavy atom. The second kappa shape index (κ2) is 7.39. The predicted molar refractivity (Wildman–Crippen MR) is 60.1 cm³/mol. The molecule has 2 heteroatoms. The average molecular weight is 196 g/mol. The van der Waals surface area contributed by atoms with Gasteiger partial charge < -0.3 is 9.47 Å². The summed E-state index contributed by atoms with van der Waals surface area (Å²) in [5.41, 5.74) is 0.985. The molecule has 0 saturated carbocycles. The van der Waals surface area contributed by atoms with E-state index in [1.165, 1.54) is 0 Å². The van der Waals surface area contributed by atoms with Crippen LogP contribution in [0.3, 0.4) is 0 Å². The van der Waals surface area contributed by atoms with E-state index in [9.17, 15) is 0 Å². The summed E-state index contributed by atoms with van der Waals surface area (Å²) in [5, 5.41) is 0. The summed E-state index contributed by atoms with van der Waals surface area (Å²) >= 11 is 0. The molecule has 1 atom stereocenters. The molecule has 80 valence electrons. The highest BCUT2D eigenvalue weighted by Crippen LogP contribution is 2.06. The van der Waals surface area contributed by atoms with Gasteiger partial charge in [0.1, 0.15) is 5.76 Å². The minimum Gasteiger partial charge on any atom is -0.491 e. The van der Waals surface area contributed by atoms with Crippen molar-refractivity contribution in [3.8, 4) is 0 Å². The van der Waals surface area contributed by atoms with Gasteiger partial charge in [-0.25, -0.2) is 0 Å². The van der Waals surface area contributed by atoms with E-state index in [2.05, 4.69) is 13.2 Å². The molecule has 0 rings (SSSR count). The molecule has 0 heterocycles. The highest BCUT2D eigenvalue weighted by molar-refractivity contribution is 5.19. The van der Waals surface area contributed by atoms with Crippen LogP contribution in [0.1, 0.15) is 20.3 Å². The zero-order chi connectivity index (χ0) is 11.0. The second-order valence-electron chi connectivity index (χ2n) is 3.36. The summed E-state index contributed by atoms with van der Waals surface area (Å²) < 4.78 is 10.5. The number of hydrogen-bond donors (Lipinski definition) is 0. The molecule has 0 radical (unpaired) electrons. The molecule has 0 spiro atoms. The molecule has 0 amide bonds. The quantitative estimate of drug-likeness (QED) is 0.460. The summed E-state index contributed by atoms with van der Waals surface area (Å²) in [6, 6.07) is 0. The molecule has 14 heavy (non-hydrogen) atoms. The first-order valence-electron chi connectivity index (χ1n) is 4.74. The Morgan fingerprint density at radius 3 is 2.50 bits per heavy atom. The van der Waals surface area contributed by atoms with Gasteiger partial charge in [-0.1, -0.05) is 24.8 Å². The van der Waals surface area contributed by atoms with E-state index in [0.717, 1.165) is 12.0 Å². The van der Waals surface area contributed by atoms with Gasteiger partial charge in [-0.05, 0) is 19.9 Å². The molecular weight excluding hydrogens is 176 g/mol. The molecule has 0 aliphatic carbocycles. The molecule has 0 aliphatic rings.